The zero-order valence-corrected chi connectivity index (χ0v) is 15.9. The summed E-state index contributed by atoms with van der Waals surface area (Å²) in [5.74, 6) is 0.173. The van der Waals surface area contributed by atoms with E-state index >= 15 is 0 Å². The smallest absolute Gasteiger partial charge is 0.204 e. The molecule has 140 valence electrons. The van der Waals surface area contributed by atoms with E-state index in [2.05, 4.69) is 5.48 Å². The van der Waals surface area contributed by atoms with Crippen molar-refractivity contribution in [2.75, 3.05) is 7.05 Å². The highest BCUT2D eigenvalue weighted by Crippen LogP contribution is 2.40. The number of allylic oxidation sites excluding steroid dienone is 8. The molecular formula is C21H17N3O3S. The molecule has 1 aliphatic carbocycles. The molecule has 0 amide bonds. The van der Waals surface area contributed by atoms with Crippen molar-refractivity contribution in [3.8, 4) is 12.1 Å². The summed E-state index contributed by atoms with van der Waals surface area (Å²) in [6, 6.07) is 12.4. The molecule has 0 radical (unpaired) electrons. The van der Waals surface area contributed by atoms with E-state index < -0.39 is 15.8 Å². The molecule has 7 heteroatoms. The number of hydroxylamine groups is 1. The van der Waals surface area contributed by atoms with Crippen LogP contribution in [0.5, 0.6) is 0 Å². The van der Waals surface area contributed by atoms with Crippen LogP contribution < -0.4 is 5.48 Å². The van der Waals surface area contributed by atoms with Crippen LogP contribution in [0.4, 0.5) is 0 Å². The molecule has 1 aromatic carbocycles. The van der Waals surface area contributed by atoms with Gasteiger partial charge in [0.1, 0.15) is 23.5 Å². The van der Waals surface area contributed by atoms with E-state index in [9.17, 15) is 18.9 Å². The Morgan fingerprint density at radius 1 is 1.18 bits per heavy atom. The minimum atomic E-state index is -3.80. The zero-order chi connectivity index (χ0) is 20.1. The monoisotopic (exact) mass is 391 g/mol. The Bertz CT molecular complexity index is 1110. The van der Waals surface area contributed by atoms with Gasteiger partial charge >= 0.3 is 0 Å². The van der Waals surface area contributed by atoms with E-state index in [0.717, 1.165) is 0 Å². The molecule has 0 spiro atoms. The second-order valence-corrected chi connectivity index (χ2v) is 8.01. The van der Waals surface area contributed by atoms with Gasteiger partial charge in [-0.05, 0) is 36.3 Å². The maximum atomic E-state index is 13.3. The van der Waals surface area contributed by atoms with Gasteiger partial charge in [-0.1, -0.05) is 36.4 Å². The molecule has 1 heterocycles. The molecule has 0 aromatic heterocycles. The van der Waals surface area contributed by atoms with Gasteiger partial charge in [0.2, 0.25) is 9.84 Å². The third kappa shape index (κ3) is 3.67. The summed E-state index contributed by atoms with van der Waals surface area (Å²) in [5.41, 5.74) is 3.25. The van der Waals surface area contributed by atoms with Crippen LogP contribution in [0.3, 0.4) is 0 Å². The lowest BCUT2D eigenvalue weighted by Crippen LogP contribution is -2.19. The van der Waals surface area contributed by atoms with Gasteiger partial charge in [0.15, 0.2) is 0 Å². The quantitative estimate of drug-likeness (QED) is 0.624. The standard InChI is InChI=1S/C21H17N3O3S/c1-24-27-19-9-7-16(8-10-19)21-12-17(18(13-22)14-23)11-20(28(21,25)26)15-5-3-2-4-6-15/h2-7,9-12,16,24H,8H2,1H3/t16-/m0/s1. The molecule has 28 heavy (non-hydrogen) atoms. The number of benzene rings is 1. The van der Waals surface area contributed by atoms with Crippen molar-refractivity contribution in [2.45, 2.75) is 6.42 Å². The van der Waals surface area contributed by atoms with Gasteiger partial charge in [-0.25, -0.2) is 8.42 Å². The molecule has 3 rings (SSSR count). The highest BCUT2D eigenvalue weighted by Gasteiger charge is 2.33. The number of rotatable bonds is 4. The lowest BCUT2D eigenvalue weighted by atomic mass is 9.96. The van der Waals surface area contributed by atoms with E-state index in [1.165, 1.54) is 12.2 Å². The Morgan fingerprint density at radius 3 is 2.46 bits per heavy atom. The second kappa shape index (κ2) is 8.10. The van der Waals surface area contributed by atoms with Gasteiger partial charge in [-0.15, -0.1) is 0 Å². The Kier molecular flexibility index (Phi) is 5.60. The molecule has 0 saturated carbocycles. The molecule has 6 nitrogen and oxygen atoms in total. The van der Waals surface area contributed by atoms with E-state index in [1.54, 1.807) is 55.6 Å². The molecule has 0 saturated heterocycles. The van der Waals surface area contributed by atoms with E-state index in [-0.39, 0.29) is 15.4 Å². The maximum absolute atomic E-state index is 13.3. The van der Waals surface area contributed by atoms with Gasteiger partial charge in [0.25, 0.3) is 0 Å². The van der Waals surface area contributed by atoms with Crippen LogP contribution in [-0.4, -0.2) is 15.5 Å². The van der Waals surface area contributed by atoms with Gasteiger partial charge < -0.3 is 4.84 Å². The summed E-state index contributed by atoms with van der Waals surface area (Å²) in [5, 5.41) is 18.5. The first-order valence-corrected chi connectivity index (χ1v) is 9.99. The Morgan fingerprint density at radius 2 is 1.89 bits per heavy atom. The van der Waals surface area contributed by atoms with Gasteiger partial charge in [0, 0.05) is 18.5 Å². The molecule has 1 aliphatic heterocycles. The van der Waals surface area contributed by atoms with Crippen molar-refractivity contribution in [3.05, 3.63) is 88.1 Å². The fraction of sp³-hybridized carbons (Fsp3) is 0.143. The van der Waals surface area contributed by atoms with Crippen molar-refractivity contribution in [2.24, 2.45) is 5.92 Å². The average Bonchev–Trinajstić information content (AvgIpc) is 2.71. The molecule has 0 unspecified atom stereocenters. The largest absolute Gasteiger partial charge is 0.409 e. The lowest BCUT2D eigenvalue weighted by Gasteiger charge is -2.24. The Balaban J connectivity index is 2.13. The molecule has 0 bridgehead atoms. The first-order chi connectivity index (χ1) is 13.5. The highest BCUT2D eigenvalue weighted by molar-refractivity contribution is 8.04. The summed E-state index contributed by atoms with van der Waals surface area (Å²) >= 11 is 0. The topological polar surface area (TPSA) is 103 Å². The normalized spacial score (nSPS) is 20.2. The third-order valence-corrected chi connectivity index (χ3v) is 6.38. The number of nitriles is 2. The summed E-state index contributed by atoms with van der Waals surface area (Å²) < 4.78 is 26.7. The SMILES string of the molecule is CNOC1=CC[C@@H](C2=CC(=C(C#N)C#N)C=C(c3ccccc3)S2(=O)=O)C=C1. The number of nitrogens with zero attached hydrogens (tertiary/aromatic N) is 2. The van der Waals surface area contributed by atoms with Crippen LogP contribution in [0.1, 0.15) is 12.0 Å². The van der Waals surface area contributed by atoms with Crippen molar-refractivity contribution < 1.29 is 13.3 Å². The third-order valence-electron chi connectivity index (χ3n) is 4.41. The van der Waals surface area contributed by atoms with Crippen LogP contribution in [0.2, 0.25) is 0 Å². The van der Waals surface area contributed by atoms with Crippen molar-refractivity contribution in [1.29, 1.82) is 10.5 Å². The fourth-order valence-corrected chi connectivity index (χ4v) is 4.91. The zero-order valence-electron chi connectivity index (χ0n) is 15.1. The average molecular weight is 391 g/mol. The first-order valence-electron chi connectivity index (χ1n) is 8.51. The van der Waals surface area contributed by atoms with E-state index in [4.69, 9.17) is 4.84 Å². The van der Waals surface area contributed by atoms with Gasteiger partial charge in [0.05, 0.1) is 9.81 Å². The predicted molar refractivity (Wildman–Crippen MR) is 105 cm³/mol. The predicted octanol–water partition coefficient (Wildman–Crippen LogP) is 3.29. The van der Waals surface area contributed by atoms with Crippen LogP contribution >= 0.6 is 0 Å². The maximum Gasteiger partial charge on any atom is 0.204 e. The van der Waals surface area contributed by atoms with Crippen molar-refractivity contribution in [3.63, 3.8) is 0 Å². The van der Waals surface area contributed by atoms with Crippen molar-refractivity contribution in [1.82, 2.24) is 5.48 Å². The molecule has 2 aliphatic rings. The van der Waals surface area contributed by atoms with Gasteiger partial charge in [-0.2, -0.15) is 16.0 Å². The van der Waals surface area contributed by atoms with Crippen LogP contribution in [0, 0.1) is 28.6 Å². The minimum Gasteiger partial charge on any atom is -0.409 e. The van der Waals surface area contributed by atoms with E-state index in [1.807, 2.05) is 12.1 Å². The number of hydrogen-bond acceptors (Lipinski definition) is 6. The van der Waals surface area contributed by atoms with E-state index in [0.29, 0.717) is 23.3 Å². The Labute approximate surface area is 163 Å². The number of hydrogen-bond donors (Lipinski definition) is 1. The van der Waals surface area contributed by atoms with Crippen molar-refractivity contribution >= 4 is 14.7 Å². The first kappa shape index (κ1) is 19.4. The lowest BCUT2D eigenvalue weighted by molar-refractivity contribution is 0.135. The van der Waals surface area contributed by atoms with Gasteiger partial charge in [-0.3, -0.25) is 0 Å². The Hall–Kier alpha value is -3.39. The van der Waals surface area contributed by atoms with Crippen LogP contribution in [-0.2, 0) is 14.7 Å². The number of nitrogens with one attached hydrogen (secondary N) is 1. The fourth-order valence-electron chi connectivity index (χ4n) is 3.07. The molecule has 1 N–H and O–H groups in total. The highest BCUT2D eigenvalue weighted by atomic mass is 32.2. The molecule has 0 fully saturated rings. The molecule has 1 atom stereocenters. The van der Waals surface area contributed by atoms with Crippen LogP contribution in [0.25, 0.3) is 4.91 Å². The van der Waals surface area contributed by atoms with Crippen LogP contribution in [0.15, 0.2) is 82.5 Å². The number of sulfone groups is 1. The molecule has 1 aromatic rings. The minimum absolute atomic E-state index is 0.0817. The molecular weight excluding hydrogens is 374 g/mol. The summed E-state index contributed by atoms with van der Waals surface area (Å²) in [6.07, 6.45) is 8.48. The summed E-state index contributed by atoms with van der Waals surface area (Å²) in [7, 11) is -2.16. The summed E-state index contributed by atoms with van der Waals surface area (Å²) in [4.78, 5) is 5.44. The second-order valence-electron chi connectivity index (χ2n) is 6.09. The summed E-state index contributed by atoms with van der Waals surface area (Å²) in [6.45, 7) is 0.